The Labute approximate surface area is 196 Å². The number of aryl methyl sites for hydroxylation is 1. The molecule has 2 aromatic rings. The molecule has 0 saturated carbocycles. The Kier molecular flexibility index (Phi) is 8.33. The minimum atomic E-state index is -0.316. The number of hydrogen-bond acceptors (Lipinski definition) is 5. The lowest BCUT2D eigenvalue weighted by molar-refractivity contribution is -0.129. The highest BCUT2D eigenvalue weighted by Gasteiger charge is 2.34. The van der Waals surface area contributed by atoms with Crippen LogP contribution in [0.25, 0.3) is 0 Å². The van der Waals surface area contributed by atoms with E-state index >= 15 is 0 Å². The molecule has 178 valence electrons. The van der Waals surface area contributed by atoms with Crippen LogP contribution in [0.1, 0.15) is 29.2 Å². The van der Waals surface area contributed by atoms with Gasteiger partial charge >= 0.3 is 0 Å². The van der Waals surface area contributed by atoms with Gasteiger partial charge in [-0.1, -0.05) is 35.9 Å². The van der Waals surface area contributed by atoms with Crippen molar-refractivity contribution < 1.29 is 19.1 Å². The maximum Gasteiger partial charge on any atom is 0.225 e. The Morgan fingerprint density at radius 2 is 1.82 bits per heavy atom. The van der Waals surface area contributed by atoms with Crippen molar-refractivity contribution >= 4 is 11.8 Å². The van der Waals surface area contributed by atoms with Gasteiger partial charge in [-0.15, -0.1) is 0 Å². The molecule has 1 N–H and O–H groups in total. The summed E-state index contributed by atoms with van der Waals surface area (Å²) in [5, 5.41) is 3.06. The van der Waals surface area contributed by atoms with Gasteiger partial charge in [-0.05, 0) is 50.7 Å². The number of ether oxygens (including phenoxy) is 2. The summed E-state index contributed by atoms with van der Waals surface area (Å²) < 4.78 is 10.7. The topological polar surface area (TPSA) is 71.1 Å². The second-order valence-electron chi connectivity index (χ2n) is 8.82. The molecule has 7 heteroatoms. The Morgan fingerprint density at radius 3 is 2.45 bits per heavy atom. The number of nitrogens with zero attached hydrogens (tertiary/aromatic N) is 2. The summed E-state index contributed by atoms with van der Waals surface area (Å²) in [6.45, 7) is 3.61. The van der Waals surface area contributed by atoms with E-state index < -0.39 is 0 Å². The Balaban J connectivity index is 1.56. The zero-order valence-electron chi connectivity index (χ0n) is 20.3. The summed E-state index contributed by atoms with van der Waals surface area (Å²) in [5.74, 6) is 0.973. The van der Waals surface area contributed by atoms with Crippen LogP contribution in [-0.2, 0) is 16.0 Å². The van der Waals surface area contributed by atoms with Crippen LogP contribution in [-0.4, -0.2) is 69.6 Å². The fourth-order valence-corrected chi connectivity index (χ4v) is 4.18. The van der Waals surface area contributed by atoms with E-state index in [-0.39, 0.29) is 30.2 Å². The zero-order valence-corrected chi connectivity index (χ0v) is 20.3. The molecule has 3 rings (SSSR count). The molecule has 0 radical (unpaired) electrons. The number of hydrogen-bond donors (Lipinski definition) is 1. The lowest BCUT2D eigenvalue weighted by atomic mass is 10.0. The lowest BCUT2D eigenvalue weighted by Gasteiger charge is -2.26. The molecule has 0 aliphatic carbocycles. The van der Waals surface area contributed by atoms with Crippen LogP contribution in [0.15, 0.2) is 42.5 Å². The van der Waals surface area contributed by atoms with Gasteiger partial charge in [-0.25, -0.2) is 0 Å². The van der Waals surface area contributed by atoms with Gasteiger partial charge in [0.1, 0.15) is 0 Å². The van der Waals surface area contributed by atoms with Crippen molar-refractivity contribution in [2.45, 2.75) is 25.8 Å². The van der Waals surface area contributed by atoms with Gasteiger partial charge in [-0.3, -0.25) is 9.59 Å². The number of carbonyl (C=O) groups is 2. The molecule has 1 fully saturated rings. The minimum absolute atomic E-state index is 0.0384. The molecule has 2 amide bonds. The van der Waals surface area contributed by atoms with E-state index in [1.165, 1.54) is 11.1 Å². The van der Waals surface area contributed by atoms with Crippen LogP contribution in [0.4, 0.5) is 0 Å². The largest absolute Gasteiger partial charge is 0.493 e. The zero-order chi connectivity index (χ0) is 24.0. The summed E-state index contributed by atoms with van der Waals surface area (Å²) in [4.78, 5) is 29.2. The van der Waals surface area contributed by atoms with Crippen LogP contribution >= 0.6 is 0 Å². The maximum absolute atomic E-state index is 12.9. The first-order valence-corrected chi connectivity index (χ1v) is 11.3. The van der Waals surface area contributed by atoms with Crippen LogP contribution < -0.4 is 14.8 Å². The summed E-state index contributed by atoms with van der Waals surface area (Å²) >= 11 is 0. The third-order valence-electron chi connectivity index (χ3n) is 6.26. The fourth-order valence-electron chi connectivity index (χ4n) is 4.18. The quantitative estimate of drug-likeness (QED) is 0.599. The standard InChI is InChI=1S/C26H35N3O4/c1-18-6-8-19(9-7-18)12-13-29-17-21(15-25(29)30)26(31)27-16-22(28(2)3)20-10-11-23(32-4)24(14-20)33-5/h6-11,14,21-22H,12-13,15-17H2,1-5H3,(H,27,31). The number of benzene rings is 2. The van der Waals surface area contributed by atoms with Crippen molar-refractivity contribution in [1.82, 2.24) is 15.1 Å². The average molecular weight is 454 g/mol. The van der Waals surface area contributed by atoms with E-state index in [1.54, 1.807) is 14.2 Å². The predicted molar refractivity (Wildman–Crippen MR) is 129 cm³/mol. The van der Waals surface area contributed by atoms with Gasteiger partial charge in [-0.2, -0.15) is 0 Å². The predicted octanol–water partition coefficient (Wildman–Crippen LogP) is 2.82. The number of likely N-dealkylation sites (N-methyl/N-ethyl adjacent to an activating group) is 1. The van der Waals surface area contributed by atoms with Crippen molar-refractivity contribution in [3.63, 3.8) is 0 Å². The second kappa shape index (κ2) is 11.2. The number of methoxy groups -OCH3 is 2. The maximum atomic E-state index is 12.9. The van der Waals surface area contributed by atoms with Crippen molar-refractivity contribution in [2.24, 2.45) is 5.92 Å². The van der Waals surface area contributed by atoms with Gasteiger partial charge < -0.3 is 24.6 Å². The van der Waals surface area contributed by atoms with Gasteiger partial charge in [0, 0.05) is 26.1 Å². The third-order valence-corrected chi connectivity index (χ3v) is 6.26. The van der Waals surface area contributed by atoms with Crippen molar-refractivity contribution in [2.75, 3.05) is 47.9 Å². The molecule has 1 heterocycles. The third kappa shape index (κ3) is 6.26. The molecule has 0 aromatic heterocycles. The van der Waals surface area contributed by atoms with E-state index in [0.717, 1.165) is 12.0 Å². The van der Waals surface area contributed by atoms with Gasteiger partial charge in [0.05, 0.1) is 26.2 Å². The fraction of sp³-hybridized carbons (Fsp3) is 0.462. The highest BCUT2D eigenvalue weighted by Crippen LogP contribution is 2.31. The number of nitrogens with one attached hydrogen (secondary N) is 1. The number of amides is 2. The molecule has 1 aliphatic rings. The Morgan fingerprint density at radius 1 is 1.12 bits per heavy atom. The highest BCUT2D eigenvalue weighted by atomic mass is 16.5. The smallest absolute Gasteiger partial charge is 0.225 e. The van der Waals surface area contributed by atoms with Crippen LogP contribution in [0.2, 0.25) is 0 Å². The summed E-state index contributed by atoms with van der Waals surface area (Å²) in [5.41, 5.74) is 3.43. The first-order valence-electron chi connectivity index (χ1n) is 11.3. The molecule has 33 heavy (non-hydrogen) atoms. The SMILES string of the molecule is COc1ccc(C(CNC(=O)C2CC(=O)N(CCc3ccc(C)cc3)C2)N(C)C)cc1OC. The first kappa shape index (κ1) is 24.6. The molecule has 1 aliphatic heterocycles. The molecule has 2 unspecified atom stereocenters. The van der Waals surface area contributed by atoms with Gasteiger partial charge in [0.25, 0.3) is 0 Å². The van der Waals surface area contributed by atoms with E-state index in [2.05, 4.69) is 41.4 Å². The molecule has 7 nitrogen and oxygen atoms in total. The van der Waals surface area contributed by atoms with Crippen molar-refractivity contribution in [1.29, 1.82) is 0 Å². The van der Waals surface area contributed by atoms with E-state index in [9.17, 15) is 9.59 Å². The minimum Gasteiger partial charge on any atom is -0.493 e. The molecular formula is C26H35N3O4. The lowest BCUT2D eigenvalue weighted by Crippen LogP contribution is -2.38. The number of carbonyl (C=O) groups excluding carboxylic acids is 2. The van der Waals surface area contributed by atoms with E-state index in [0.29, 0.717) is 31.1 Å². The monoisotopic (exact) mass is 453 g/mol. The summed E-state index contributed by atoms with van der Waals surface area (Å²) in [6.07, 6.45) is 1.06. The number of likely N-dealkylation sites (tertiary alicyclic amines) is 1. The highest BCUT2D eigenvalue weighted by molar-refractivity contribution is 5.89. The summed E-state index contributed by atoms with van der Waals surface area (Å²) in [6, 6.07) is 14.1. The van der Waals surface area contributed by atoms with Crippen molar-refractivity contribution in [3.8, 4) is 11.5 Å². The Hall–Kier alpha value is -3.06. The average Bonchev–Trinajstić information content (AvgIpc) is 3.18. The molecule has 0 bridgehead atoms. The van der Waals surface area contributed by atoms with Crippen molar-refractivity contribution in [3.05, 3.63) is 59.2 Å². The molecule has 2 aromatic carbocycles. The normalized spacial score (nSPS) is 16.7. The first-order chi connectivity index (χ1) is 15.8. The molecular weight excluding hydrogens is 418 g/mol. The number of rotatable bonds is 10. The van der Waals surface area contributed by atoms with Gasteiger partial charge in [0.15, 0.2) is 11.5 Å². The summed E-state index contributed by atoms with van der Waals surface area (Å²) in [7, 11) is 7.16. The Bertz CT molecular complexity index is 959. The second-order valence-corrected chi connectivity index (χ2v) is 8.82. The van der Waals surface area contributed by atoms with E-state index in [1.807, 2.05) is 37.2 Å². The molecule has 0 spiro atoms. The van der Waals surface area contributed by atoms with Gasteiger partial charge in [0.2, 0.25) is 11.8 Å². The molecule has 2 atom stereocenters. The van der Waals surface area contributed by atoms with Crippen LogP contribution in [0.3, 0.4) is 0 Å². The van der Waals surface area contributed by atoms with E-state index in [4.69, 9.17) is 9.47 Å². The molecule has 1 saturated heterocycles. The van der Waals surface area contributed by atoms with Crippen LogP contribution in [0.5, 0.6) is 11.5 Å². The van der Waals surface area contributed by atoms with Crippen LogP contribution in [0, 0.1) is 12.8 Å².